The van der Waals surface area contributed by atoms with Gasteiger partial charge in [-0.2, -0.15) is 0 Å². The molecule has 1 saturated heterocycles. The van der Waals surface area contributed by atoms with Crippen LogP contribution in [0, 0.1) is 0 Å². The fraction of sp³-hybridized carbons (Fsp3) is 0.615. The number of amides is 1. The quantitative estimate of drug-likeness (QED) is 0.749. The maximum Gasteiger partial charge on any atom is 0.242 e. The van der Waals surface area contributed by atoms with Gasteiger partial charge in [0.1, 0.15) is 0 Å². The smallest absolute Gasteiger partial charge is 0.242 e. The normalized spacial score (nSPS) is 16.2. The van der Waals surface area contributed by atoms with Gasteiger partial charge in [0, 0.05) is 52.2 Å². The summed E-state index contributed by atoms with van der Waals surface area (Å²) in [5.41, 5.74) is 0. The summed E-state index contributed by atoms with van der Waals surface area (Å²) in [6.07, 6.45) is 3.33. The molecule has 0 saturated carbocycles. The number of piperazine rings is 1. The molecule has 0 aliphatic carbocycles. The molecular weight excluding hydrogens is 258 g/mol. The number of carbonyl (C=O) groups excluding carboxylic acids is 1. The van der Waals surface area contributed by atoms with Crippen LogP contribution in [0.2, 0.25) is 0 Å². The molecule has 110 valence electrons. The van der Waals surface area contributed by atoms with Crippen molar-refractivity contribution >= 4 is 11.9 Å². The van der Waals surface area contributed by atoms with E-state index in [1.807, 2.05) is 11.9 Å². The molecule has 1 aromatic rings. The number of aromatic nitrogens is 2. The summed E-state index contributed by atoms with van der Waals surface area (Å²) in [5.74, 6) is 0.642. The number of likely N-dealkylation sites (N-methyl/N-ethyl adjacent to an activating group) is 1. The molecule has 0 aromatic carbocycles. The highest BCUT2D eigenvalue weighted by Gasteiger charge is 2.21. The minimum absolute atomic E-state index is 0.0867. The molecule has 0 unspecified atom stereocenters. The van der Waals surface area contributed by atoms with E-state index < -0.39 is 0 Å². The van der Waals surface area contributed by atoms with Crippen molar-refractivity contribution in [2.45, 2.75) is 0 Å². The molecule has 7 nitrogen and oxygen atoms in total. The Bertz CT molecular complexity index is 420. The Morgan fingerprint density at radius 3 is 2.55 bits per heavy atom. The summed E-state index contributed by atoms with van der Waals surface area (Å²) in [6, 6.07) is 1.75. The maximum absolute atomic E-state index is 12.2. The molecule has 1 amide bonds. The van der Waals surface area contributed by atoms with Gasteiger partial charge in [0.05, 0.1) is 13.2 Å². The van der Waals surface area contributed by atoms with E-state index in [1.54, 1.807) is 23.4 Å². The van der Waals surface area contributed by atoms with E-state index in [0.29, 0.717) is 25.6 Å². The number of β-amino-alcohol motifs (C(OH)–C–C–N with tert-alkyl or cyclic N) is 1. The molecule has 1 aromatic heterocycles. The lowest BCUT2D eigenvalue weighted by Crippen LogP contribution is -2.51. The molecule has 20 heavy (non-hydrogen) atoms. The van der Waals surface area contributed by atoms with Gasteiger partial charge in [-0.1, -0.05) is 0 Å². The van der Waals surface area contributed by atoms with Crippen molar-refractivity contribution in [3.05, 3.63) is 18.5 Å². The average molecular weight is 279 g/mol. The van der Waals surface area contributed by atoms with Gasteiger partial charge in [-0.25, -0.2) is 9.97 Å². The number of hydrogen-bond donors (Lipinski definition) is 1. The van der Waals surface area contributed by atoms with Crippen molar-refractivity contribution in [3.8, 4) is 0 Å². The molecule has 7 heteroatoms. The molecule has 1 aliphatic rings. The second-order valence-corrected chi connectivity index (χ2v) is 4.85. The number of hydrogen-bond acceptors (Lipinski definition) is 6. The van der Waals surface area contributed by atoms with E-state index in [-0.39, 0.29) is 19.1 Å². The van der Waals surface area contributed by atoms with Crippen LogP contribution in [0.3, 0.4) is 0 Å². The maximum atomic E-state index is 12.2. The van der Waals surface area contributed by atoms with Crippen molar-refractivity contribution in [1.82, 2.24) is 19.8 Å². The lowest BCUT2D eigenvalue weighted by molar-refractivity contribution is -0.131. The average Bonchev–Trinajstić information content (AvgIpc) is 2.49. The van der Waals surface area contributed by atoms with Gasteiger partial charge in [0.25, 0.3) is 0 Å². The first-order chi connectivity index (χ1) is 9.70. The predicted octanol–water partition coefficient (Wildman–Crippen LogP) is -0.951. The summed E-state index contributed by atoms with van der Waals surface area (Å²) in [6.45, 7) is 4.19. The summed E-state index contributed by atoms with van der Waals surface area (Å²) in [5, 5.41) is 8.90. The summed E-state index contributed by atoms with van der Waals surface area (Å²) < 4.78 is 0. The first-order valence-corrected chi connectivity index (χ1v) is 6.80. The predicted molar refractivity (Wildman–Crippen MR) is 75.4 cm³/mol. The van der Waals surface area contributed by atoms with Gasteiger partial charge in [-0.3, -0.25) is 9.69 Å². The topological polar surface area (TPSA) is 72.8 Å². The number of nitrogens with zero attached hydrogens (tertiary/aromatic N) is 5. The Balaban J connectivity index is 1.81. The summed E-state index contributed by atoms with van der Waals surface area (Å²) >= 11 is 0. The second-order valence-electron chi connectivity index (χ2n) is 4.85. The van der Waals surface area contributed by atoms with Gasteiger partial charge in [-0.05, 0) is 6.07 Å². The van der Waals surface area contributed by atoms with Crippen molar-refractivity contribution in [1.29, 1.82) is 0 Å². The number of anilines is 1. The van der Waals surface area contributed by atoms with E-state index in [4.69, 9.17) is 5.11 Å². The van der Waals surface area contributed by atoms with E-state index in [0.717, 1.165) is 13.1 Å². The molecule has 1 N–H and O–H groups in total. The summed E-state index contributed by atoms with van der Waals surface area (Å²) in [4.78, 5) is 26.2. The van der Waals surface area contributed by atoms with Crippen molar-refractivity contribution in [3.63, 3.8) is 0 Å². The van der Waals surface area contributed by atoms with Crippen molar-refractivity contribution < 1.29 is 9.90 Å². The third-order valence-corrected chi connectivity index (χ3v) is 3.41. The number of carbonyl (C=O) groups is 1. The zero-order chi connectivity index (χ0) is 14.4. The molecule has 1 aliphatic heterocycles. The monoisotopic (exact) mass is 279 g/mol. The van der Waals surface area contributed by atoms with Crippen molar-refractivity contribution in [2.24, 2.45) is 0 Å². The Kier molecular flexibility index (Phi) is 5.25. The number of rotatable bonds is 5. The van der Waals surface area contributed by atoms with Gasteiger partial charge in [0.15, 0.2) is 0 Å². The highest BCUT2D eigenvalue weighted by molar-refractivity contribution is 5.80. The van der Waals surface area contributed by atoms with E-state index >= 15 is 0 Å². The Morgan fingerprint density at radius 1 is 1.30 bits per heavy atom. The highest BCUT2D eigenvalue weighted by atomic mass is 16.3. The molecule has 0 atom stereocenters. The molecule has 0 bridgehead atoms. The van der Waals surface area contributed by atoms with Crippen LogP contribution in [0.4, 0.5) is 5.95 Å². The third kappa shape index (κ3) is 3.88. The molecule has 0 radical (unpaired) electrons. The second kappa shape index (κ2) is 7.16. The lowest BCUT2D eigenvalue weighted by Gasteiger charge is -2.35. The first-order valence-electron chi connectivity index (χ1n) is 6.80. The van der Waals surface area contributed by atoms with Gasteiger partial charge < -0.3 is 14.9 Å². The Labute approximate surface area is 118 Å². The Morgan fingerprint density at radius 2 is 1.95 bits per heavy atom. The van der Waals surface area contributed by atoms with E-state index in [1.165, 1.54) is 0 Å². The molecule has 0 spiro atoms. The van der Waals surface area contributed by atoms with Crippen LogP contribution in [0.5, 0.6) is 0 Å². The zero-order valence-electron chi connectivity index (χ0n) is 11.8. The van der Waals surface area contributed by atoms with Crippen LogP contribution in [-0.4, -0.2) is 83.7 Å². The van der Waals surface area contributed by atoms with E-state index in [9.17, 15) is 4.79 Å². The minimum Gasteiger partial charge on any atom is -0.395 e. The van der Waals surface area contributed by atoms with Crippen LogP contribution in [0.25, 0.3) is 0 Å². The van der Waals surface area contributed by atoms with Crippen molar-refractivity contribution in [2.75, 3.05) is 57.8 Å². The van der Waals surface area contributed by atoms with Crippen LogP contribution in [-0.2, 0) is 4.79 Å². The van der Waals surface area contributed by atoms with Crippen LogP contribution in [0.1, 0.15) is 0 Å². The molecule has 2 heterocycles. The van der Waals surface area contributed by atoms with Crippen LogP contribution < -0.4 is 4.90 Å². The third-order valence-electron chi connectivity index (χ3n) is 3.41. The van der Waals surface area contributed by atoms with Crippen LogP contribution >= 0.6 is 0 Å². The Hall–Kier alpha value is -1.73. The van der Waals surface area contributed by atoms with E-state index in [2.05, 4.69) is 14.9 Å². The highest BCUT2D eigenvalue weighted by Crippen LogP contribution is 2.05. The minimum atomic E-state index is 0.0867. The molecule has 2 rings (SSSR count). The number of aliphatic hydroxyl groups is 1. The van der Waals surface area contributed by atoms with Gasteiger partial charge in [-0.15, -0.1) is 0 Å². The lowest BCUT2D eigenvalue weighted by atomic mass is 10.3. The van der Waals surface area contributed by atoms with Crippen LogP contribution in [0.15, 0.2) is 18.5 Å². The van der Waals surface area contributed by atoms with Gasteiger partial charge >= 0.3 is 0 Å². The summed E-state index contributed by atoms with van der Waals surface area (Å²) in [7, 11) is 1.81. The zero-order valence-corrected chi connectivity index (χ0v) is 11.8. The molecular formula is C13H21N5O2. The fourth-order valence-electron chi connectivity index (χ4n) is 2.22. The molecule has 1 fully saturated rings. The standard InChI is InChI=1S/C13H21N5O2/c1-16(13-14-3-2-4-15-13)11-12(20)18-7-5-17(6-8-18)9-10-19/h2-4,19H,5-11H2,1H3. The fourth-order valence-corrected chi connectivity index (χ4v) is 2.22. The number of aliphatic hydroxyl groups excluding tert-OH is 1. The SMILES string of the molecule is CN(CC(=O)N1CCN(CCO)CC1)c1ncccn1. The largest absolute Gasteiger partial charge is 0.395 e. The first kappa shape index (κ1) is 14.7. The van der Waals surface area contributed by atoms with Gasteiger partial charge in [0.2, 0.25) is 11.9 Å².